The summed E-state index contributed by atoms with van der Waals surface area (Å²) in [5, 5.41) is 3.69. The largest absolute Gasteiger partial charge is 0.309 e. The zero-order valence-corrected chi connectivity index (χ0v) is 12.1. The number of nitrogens with zero attached hydrogens (tertiary/aromatic N) is 2. The van der Waals surface area contributed by atoms with Crippen molar-refractivity contribution in [3.8, 4) is 0 Å². The third kappa shape index (κ3) is 2.73. The number of aromatic nitrogens is 2. The Labute approximate surface area is 126 Å². The van der Waals surface area contributed by atoms with Gasteiger partial charge in [0.15, 0.2) is 0 Å². The van der Waals surface area contributed by atoms with Crippen molar-refractivity contribution in [1.82, 2.24) is 15.3 Å². The SMILES string of the molecule is CNC(c1ccc2nccnc2c1)c1cc(F)ccc1Cl. The van der Waals surface area contributed by atoms with Crippen molar-refractivity contribution in [2.24, 2.45) is 0 Å². The Morgan fingerprint density at radius 1 is 1.05 bits per heavy atom. The Balaban J connectivity index is 2.11. The minimum Gasteiger partial charge on any atom is -0.309 e. The molecule has 0 spiro atoms. The van der Waals surface area contributed by atoms with Gasteiger partial charge in [0.2, 0.25) is 0 Å². The normalized spacial score (nSPS) is 12.5. The second-order valence-electron chi connectivity index (χ2n) is 4.69. The molecule has 5 heteroatoms. The van der Waals surface area contributed by atoms with Gasteiger partial charge in [-0.15, -0.1) is 0 Å². The van der Waals surface area contributed by atoms with Crippen LogP contribution < -0.4 is 5.32 Å². The Kier molecular flexibility index (Phi) is 3.82. The van der Waals surface area contributed by atoms with Crippen molar-refractivity contribution in [3.63, 3.8) is 0 Å². The van der Waals surface area contributed by atoms with Gasteiger partial charge in [0.05, 0.1) is 17.1 Å². The molecule has 0 aliphatic heterocycles. The number of halogens is 2. The summed E-state index contributed by atoms with van der Waals surface area (Å²) < 4.78 is 13.5. The lowest BCUT2D eigenvalue weighted by Gasteiger charge is -2.19. The molecule has 1 aromatic heterocycles. The van der Waals surface area contributed by atoms with E-state index in [0.29, 0.717) is 10.6 Å². The van der Waals surface area contributed by atoms with Crippen LogP contribution in [0.3, 0.4) is 0 Å². The second kappa shape index (κ2) is 5.76. The lowest BCUT2D eigenvalue weighted by atomic mass is 9.98. The van der Waals surface area contributed by atoms with Crippen LogP contribution in [0.1, 0.15) is 17.2 Å². The smallest absolute Gasteiger partial charge is 0.123 e. The van der Waals surface area contributed by atoms with Crippen LogP contribution >= 0.6 is 11.6 Å². The van der Waals surface area contributed by atoms with Crippen molar-refractivity contribution in [3.05, 3.63) is 70.8 Å². The fourth-order valence-electron chi connectivity index (χ4n) is 2.40. The number of benzene rings is 2. The molecular formula is C16H13ClFN3. The van der Waals surface area contributed by atoms with E-state index in [1.165, 1.54) is 12.1 Å². The summed E-state index contributed by atoms with van der Waals surface area (Å²) in [5.74, 6) is -0.310. The van der Waals surface area contributed by atoms with Gasteiger partial charge in [-0.3, -0.25) is 9.97 Å². The molecule has 0 saturated heterocycles. The topological polar surface area (TPSA) is 37.8 Å². The van der Waals surface area contributed by atoms with Crippen LogP contribution in [0.15, 0.2) is 48.8 Å². The number of rotatable bonds is 3. The molecule has 0 aliphatic carbocycles. The molecule has 0 bridgehead atoms. The van der Waals surface area contributed by atoms with E-state index in [1.807, 2.05) is 25.2 Å². The molecule has 21 heavy (non-hydrogen) atoms. The Hall–Kier alpha value is -2.04. The standard InChI is InChI=1S/C16H13ClFN3/c1-19-16(12-9-11(18)3-4-13(12)17)10-2-5-14-15(8-10)21-7-6-20-14/h2-9,16,19H,1H3. The number of fused-ring (bicyclic) bond motifs is 1. The molecule has 0 amide bonds. The highest BCUT2D eigenvalue weighted by Gasteiger charge is 2.16. The zero-order valence-electron chi connectivity index (χ0n) is 11.3. The van der Waals surface area contributed by atoms with E-state index in [9.17, 15) is 4.39 Å². The minimum absolute atomic E-state index is 0.209. The molecule has 1 atom stereocenters. The monoisotopic (exact) mass is 301 g/mol. The number of nitrogens with one attached hydrogen (secondary N) is 1. The van der Waals surface area contributed by atoms with Gasteiger partial charge in [-0.2, -0.15) is 0 Å². The van der Waals surface area contributed by atoms with E-state index in [1.54, 1.807) is 18.5 Å². The third-order valence-electron chi connectivity index (χ3n) is 3.38. The minimum atomic E-state index is -0.310. The summed E-state index contributed by atoms with van der Waals surface area (Å²) in [6.45, 7) is 0. The maximum atomic E-state index is 13.5. The first kappa shape index (κ1) is 13.9. The lowest BCUT2D eigenvalue weighted by molar-refractivity contribution is 0.617. The van der Waals surface area contributed by atoms with Crippen LogP contribution in [-0.2, 0) is 0 Å². The molecule has 1 N–H and O–H groups in total. The summed E-state index contributed by atoms with van der Waals surface area (Å²) in [6.07, 6.45) is 3.30. The van der Waals surface area contributed by atoms with E-state index in [-0.39, 0.29) is 11.9 Å². The van der Waals surface area contributed by atoms with Crippen molar-refractivity contribution in [2.45, 2.75) is 6.04 Å². The van der Waals surface area contributed by atoms with Crippen molar-refractivity contribution < 1.29 is 4.39 Å². The summed E-state index contributed by atoms with van der Waals surface area (Å²) in [7, 11) is 1.81. The maximum absolute atomic E-state index is 13.5. The predicted molar refractivity (Wildman–Crippen MR) is 81.9 cm³/mol. The molecule has 1 unspecified atom stereocenters. The molecular weight excluding hydrogens is 289 g/mol. The van der Waals surface area contributed by atoms with Crippen LogP contribution in [0, 0.1) is 5.82 Å². The van der Waals surface area contributed by atoms with Gasteiger partial charge in [-0.25, -0.2) is 4.39 Å². The first-order valence-corrected chi connectivity index (χ1v) is 6.89. The summed E-state index contributed by atoms with van der Waals surface area (Å²) in [5.41, 5.74) is 3.27. The quantitative estimate of drug-likeness (QED) is 0.801. The molecule has 0 saturated carbocycles. The fourth-order valence-corrected chi connectivity index (χ4v) is 2.62. The van der Waals surface area contributed by atoms with Crippen molar-refractivity contribution >= 4 is 22.6 Å². The lowest BCUT2D eigenvalue weighted by Crippen LogP contribution is -2.18. The van der Waals surface area contributed by atoms with Crippen LogP contribution in [0.2, 0.25) is 5.02 Å². The Morgan fingerprint density at radius 2 is 1.81 bits per heavy atom. The highest BCUT2D eigenvalue weighted by molar-refractivity contribution is 6.31. The predicted octanol–water partition coefficient (Wildman–Crippen LogP) is 3.73. The third-order valence-corrected chi connectivity index (χ3v) is 3.73. The van der Waals surface area contributed by atoms with Crippen LogP contribution in [0.25, 0.3) is 11.0 Å². The Bertz CT molecular complexity index is 791. The van der Waals surface area contributed by atoms with Gasteiger partial charge in [0.1, 0.15) is 5.82 Å². The second-order valence-corrected chi connectivity index (χ2v) is 5.10. The van der Waals surface area contributed by atoms with Gasteiger partial charge >= 0.3 is 0 Å². The van der Waals surface area contributed by atoms with E-state index in [0.717, 1.165) is 16.6 Å². The van der Waals surface area contributed by atoms with E-state index in [2.05, 4.69) is 15.3 Å². The van der Waals surface area contributed by atoms with Crippen LogP contribution in [-0.4, -0.2) is 17.0 Å². The van der Waals surface area contributed by atoms with Gasteiger partial charge in [0.25, 0.3) is 0 Å². The van der Waals surface area contributed by atoms with E-state index < -0.39 is 0 Å². The molecule has 2 aromatic carbocycles. The summed E-state index contributed by atoms with van der Waals surface area (Å²) in [6, 6.07) is 9.94. The first-order chi connectivity index (χ1) is 10.2. The van der Waals surface area contributed by atoms with E-state index >= 15 is 0 Å². The molecule has 1 heterocycles. The highest BCUT2D eigenvalue weighted by Crippen LogP contribution is 2.29. The van der Waals surface area contributed by atoms with Gasteiger partial charge in [0, 0.05) is 17.4 Å². The highest BCUT2D eigenvalue weighted by atomic mass is 35.5. The molecule has 0 aliphatic rings. The maximum Gasteiger partial charge on any atom is 0.123 e. The van der Waals surface area contributed by atoms with Crippen LogP contribution in [0.5, 0.6) is 0 Å². The molecule has 3 nitrogen and oxygen atoms in total. The first-order valence-electron chi connectivity index (χ1n) is 6.52. The number of hydrogen-bond acceptors (Lipinski definition) is 3. The summed E-state index contributed by atoms with van der Waals surface area (Å²) >= 11 is 6.20. The average molecular weight is 302 g/mol. The molecule has 3 rings (SSSR count). The van der Waals surface area contributed by atoms with Gasteiger partial charge < -0.3 is 5.32 Å². The molecule has 106 valence electrons. The molecule has 0 radical (unpaired) electrons. The summed E-state index contributed by atoms with van der Waals surface area (Å²) in [4.78, 5) is 8.54. The number of hydrogen-bond donors (Lipinski definition) is 1. The zero-order chi connectivity index (χ0) is 14.8. The van der Waals surface area contributed by atoms with Crippen LogP contribution in [0.4, 0.5) is 4.39 Å². The molecule has 0 fully saturated rings. The van der Waals surface area contributed by atoms with Gasteiger partial charge in [-0.1, -0.05) is 17.7 Å². The van der Waals surface area contributed by atoms with E-state index in [4.69, 9.17) is 11.6 Å². The van der Waals surface area contributed by atoms with Crippen molar-refractivity contribution in [1.29, 1.82) is 0 Å². The van der Waals surface area contributed by atoms with Crippen molar-refractivity contribution in [2.75, 3.05) is 7.05 Å². The average Bonchev–Trinajstić information content (AvgIpc) is 2.51. The Morgan fingerprint density at radius 3 is 2.57 bits per heavy atom. The molecule has 3 aromatic rings. The fraction of sp³-hybridized carbons (Fsp3) is 0.125. The van der Waals surface area contributed by atoms with Gasteiger partial charge in [-0.05, 0) is 48.5 Å².